The predicted octanol–water partition coefficient (Wildman–Crippen LogP) is 5.00. The van der Waals surface area contributed by atoms with Crippen molar-refractivity contribution in [1.82, 2.24) is 20.3 Å². The van der Waals surface area contributed by atoms with Gasteiger partial charge in [-0.3, -0.25) is 4.98 Å². The fourth-order valence-corrected chi connectivity index (χ4v) is 6.31. The van der Waals surface area contributed by atoms with E-state index in [2.05, 4.69) is 20.3 Å². The highest BCUT2D eigenvalue weighted by Gasteiger charge is 2.37. The maximum absolute atomic E-state index is 13.0. The summed E-state index contributed by atoms with van der Waals surface area (Å²) in [4.78, 5) is 15.5. The minimum absolute atomic E-state index is 0.0298. The van der Waals surface area contributed by atoms with E-state index < -0.39 is 18.7 Å². The Morgan fingerprint density at radius 3 is 2.43 bits per heavy atom. The lowest BCUT2D eigenvalue weighted by Crippen LogP contribution is -2.38. The number of ether oxygens (including phenoxy) is 3. The summed E-state index contributed by atoms with van der Waals surface area (Å²) in [5.41, 5.74) is 2.78. The zero-order valence-corrected chi connectivity index (χ0v) is 24.4. The highest BCUT2D eigenvalue weighted by Crippen LogP contribution is 2.37. The number of halogens is 3. The number of benzene rings is 1. The quantitative estimate of drug-likeness (QED) is 0.259. The number of methoxy groups -OCH3 is 3. The van der Waals surface area contributed by atoms with Crippen LogP contribution in [-0.4, -0.2) is 72.8 Å². The molecule has 0 amide bonds. The number of nitrogens with one attached hydrogen (secondary N) is 1. The van der Waals surface area contributed by atoms with Gasteiger partial charge < -0.3 is 29.5 Å². The van der Waals surface area contributed by atoms with Crippen molar-refractivity contribution in [2.75, 3.05) is 33.3 Å². The Labute approximate surface area is 245 Å². The second-order valence-electron chi connectivity index (χ2n) is 10.2. The molecule has 1 aliphatic rings. The molecular formula is C29H32F3N5O4S. The molecule has 2 N–H and O–H groups in total. The van der Waals surface area contributed by atoms with E-state index in [4.69, 9.17) is 14.2 Å². The largest absolute Gasteiger partial charge is 0.493 e. The first-order valence-corrected chi connectivity index (χ1v) is 14.1. The second-order valence-corrected chi connectivity index (χ2v) is 11.3. The highest BCUT2D eigenvalue weighted by molar-refractivity contribution is 7.18. The van der Waals surface area contributed by atoms with Crippen LogP contribution < -0.4 is 24.4 Å². The van der Waals surface area contributed by atoms with Gasteiger partial charge in [0, 0.05) is 36.1 Å². The third-order valence-corrected chi connectivity index (χ3v) is 8.43. The zero-order chi connectivity index (χ0) is 30.0. The van der Waals surface area contributed by atoms with Crippen molar-refractivity contribution >= 4 is 27.4 Å². The number of thiophene rings is 1. The topological polar surface area (TPSA) is 102 Å². The van der Waals surface area contributed by atoms with E-state index in [1.54, 1.807) is 27.5 Å². The van der Waals surface area contributed by atoms with Crippen molar-refractivity contribution in [3.05, 3.63) is 53.0 Å². The summed E-state index contributed by atoms with van der Waals surface area (Å²) in [5.74, 6) is 1.61. The van der Waals surface area contributed by atoms with E-state index in [0.29, 0.717) is 46.9 Å². The Balaban J connectivity index is 1.25. The van der Waals surface area contributed by atoms with Gasteiger partial charge in [0.15, 0.2) is 11.5 Å². The van der Waals surface area contributed by atoms with Gasteiger partial charge in [-0.15, -0.1) is 11.3 Å². The predicted molar refractivity (Wildman–Crippen MR) is 155 cm³/mol. The maximum Gasteiger partial charge on any atom is 0.393 e. The summed E-state index contributed by atoms with van der Waals surface area (Å²) in [6, 6.07) is 11.1. The molecule has 1 fully saturated rings. The molecule has 3 aromatic heterocycles. The second kappa shape index (κ2) is 12.3. The normalized spacial score (nSPS) is 18.8. The van der Waals surface area contributed by atoms with Crippen LogP contribution in [0.3, 0.4) is 0 Å². The molecule has 13 heteroatoms. The van der Waals surface area contributed by atoms with Gasteiger partial charge in [-0.2, -0.15) is 23.1 Å². The number of nitrogens with zero attached hydrogens (tertiary/aromatic N) is 4. The van der Waals surface area contributed by atoms with Gasteiger partial charge in [-0.25, -0.2) is 0 Å². The van der Waals surface area contributed by atoms with Crippen LogP contribution in [0.4, 0.5) is 19.0 Å². The van der Waals surface area contributed by atoms with Crippen LogP contribution in [0.15, 0.2) is 42.6 Å². The Morgan fingerprint density at radius 1 is 1.02 bits per heavy atom. The summed E-state index contributed by atoms with van der Waals surface area (Å²) in [6.45, 7) is 0.602. The number of likely N-dealkylation sites (N-methyl/N-ethyl adjacent to an activating group) is 1. The molecule has 1 saturated carbocycles. The average molecular weight is 604 g/mol. The number of pyridine rings is 1. The molecule has 5 rings (SSSR count). The van der Waals surface area contributed by atoms with Crippen LogP contribution in [-0.2, 0) is 13.0 Å². The molecule has 9 nitrogen and oxygen atoms in total. The van der Waals surface area contributed by atoms with E-state index >= 15 is 0 Å². The summed E-state index contributed by atoms with van der Waals surface area (Å²) in [5, 5.41) is 15.0. The summed E-state index contributed by atoms with van der Waals surface area (Å²) < 4.78 is 55.0. The molecule has 4 aromatic rings. The highest BCUT2D eigenvalue weighted by atomic mass is 32.1. The first-order valence-electron chi connectivity index (χ1n) is 13.3. The number of hydrogen-bond donors (Lipinski definition) is 2. The lowest BCUT2D eigenvalue weighted by molar-refractivity contribution is -0.126. The lowest BCUT2D eigenvalue weighted by atomic mass is 10.1. The summed E-state index contributed by atoms with van der Waals surface area (Å²) in [6.07, 6.45) is -3.25. The van der Waals surface area contributed by atoms with Crippen LogP contribution in [0.2, 0.25) is 0 Å². The smallest absolute Gasteiger partial charge is 0.393 e. The van der Waals surface area contributed by atoms with Gasteiger partial charge in [0.1, 0.15) is 10.6 Å². The van der Waals surface area contributed by atoms with Crippen LogP contribution in [0, 0.1) is 0 Å². The van der Waals surface area contributed by atoms with E-state index in [-0.39, 0.29) is 23.0 Å². The summed E-state index contributed by atoms with van der Waals surface area (Å²) >= 11 is 0.969. The van der Waals surface area contributed by atoms with Crippen LogP contribution in [0.25, 0.3) is 21.5 Å². The molecule has 0 spiro atoms. The average Bonchev–Trinajstić information content (AvgIpc) is 3.55. The van der Waals surface area contributed by atoms with Crippen LogP contribution in [0.5, 0.6) is 17.5 Å². The van der Waals surface area contributed by atoms with Crippen molar-refractivity contribution < 1.29 is 32.5 Å². The molecule has 0 radical (unpaired) electrons. The van der Waals surface area contributed by atoms with Gasteiger partial charge >= 0.3 is 12.2 Å². The SMILES string of the molecule is COc1nc(N(C)C2CC(NCc3ccc(-c4cc(OC)c(OC)cn4)cc3)CC2O)c2cc(CC(F)(F)F)sc2n1. The van der Waals surface area contributed by atoms with Crippen molar-refractivity contribution in [3.8, 4) is 28.8 Å². The first kappa shape index (κ1) is 29.8. The molecule has 1 aliphatic carbocycles. The van der Waals surface area contributed by atoms with Crippen LogP contribution >= 0.6 is 11.3 Å². The molecule has 224 valence electrons. The Kier molecular flexibility index (Phi) is 8.71. The Morgan fingerprint density at radius 2 is 1.76 bits per heavy atom. The number of alkyl halides is 3. The molecule has 0 bridgehead atoms. The van der Waals surface area contributed by atoms with E-state index in [0.717, 1.165) is 28.2 Å². The molecule has 1 aromatic carbocycles. The molecule has 3 atom stereocenters. The van der Waals surface area contributed by atoms with Gasteiger partial charge in [0.2, 0.25) is 0 Å². The van der Waals surface area contributed by atoms with Gasteiger partial charge in [0.05, 0.1) is 57.2 Å². The van der Waals surface area contributed by atoms with Crippen molar-refractivity contribution in [2.45, 2.75) is 50.2 Å². The standard InChI is InChI=1S/C29H32F3N5O4S/c1-37(26-20-11-19(13-29(30,31)32)42-27(20)36-28(35-26)41-4)22-9-18(10-23(22)38)33-14-16-5-7-17(8-6-16)21-12-24(39-2)25(40-3)15-34-21/h5-8,11-12,15,18,22-23,33,38H,9-10,13-14H2,1-4H3. The van der Waals surface area contributed by atoms with E-state index in [9.17, 15) is 18.3 Å². The molecule has 3 heterocycles. The zero-order valence-electron chi connectivity index (χ0n) is 23.6. The monoisotopic (exact) mass is 603 g/mol. The third-order valence-electron chi connectivity index (χ3n) is 7.40. The fraction of sp³-hybridized carbons (Fsp3) is 0.414. The van der Waals surface area contributed by atoms with E-state index in [1.807, 2.05) is 35.2 Å². The fourth-order valence-electron chi connectivity index (χ4n) is 5.27. The Bertz CT molecular complexity index is 1530. The Hall–Kier alpha value is -3.68. The number of aromatic nitrogens is 3. The van der Waals surface area contributed by atoms with Gasteiger partial charge in [-0.05, 0) is 24.5 Å². The lowest BCUT2D eigenvalue weighted by Gasteiger charge is -2.28. The molecule has 42 heavy (non-hydrogen) atoms. The number of fused-ring (bicyclic) bond motifs is 1. The van der Waals surface area contributed by atoms with Crippen molar-refractivity contribution in [3.63, 3.8) is 0 Å². The number of aliphatic hydroxyl groups is 1. The maximum atomic E-state index is 13.0. The number of anilines is 1. The molecule has 0 aliphatic heterocycles. The van der Waals surface area contributed by atoms with Gasteiger partial charge in [-0.1, -0.05) is 24.3 Å². The molecule has 3 unspecified atom stereocenters. The van der Waals surface area contributed by atoms with Gasteiger partial charge in [0.25, 0.3) is 0 Å². The molecular weight excluding hydrogens is 571 g/mol. The summed E-state index contributed by atoms with van der Waals surface area (Å²) in [7, 11) is 6.35. The van der Waals surface area contributed by atoms with Crippen molar-refractivity contribution in [1.29, 1.82) is 0 Å². The first-order chi connectivity index (χ1) is 20.1. The van der Waals surface area contributed by atoms with Crippen LogP contribution in [0.1, 0.15) is 23.3 Å². The minimum Gasteiger partial charge on any atom is -0.493 e. The van der Waals surface area contributed by atoms with Crippen molar-refractivity contribution in [2.24, 2.45) is 0 Å². The number of rotatable bonds is 10. The number of aliphatic hydroxyl groups excluding tert-OH is 1. The number of hydrogen-bond acceptors (Lipinski definition) is 10. The van der Waals surface area contributed by atoms with E-state index in [1.165, 1.54) is 13.2 Å². The minimum atomic E-state index is -4.33. The third kappa shape index (κ3) is 6.53. The molecule has 0 saturated heterocycles.